The van der Waals surface area contributed by atoms with Crippen LogP contribution in [-0.2, 0) is 0 Å². The predicted octanol–water partition coefficient (Wildman–Crippen LogP) is 2.36. The van der Waals surface area contributed by atoms with E-state index in [1.165, 1.54) is 0 Å². The van der Waals surface area contributed by atoms with Crippen LogP contribution < -0.4 is 10.6 Å². The summed E-state index contributed by atoms with van der Waals surface area (Å²) in [5.74, 6) is 0.515. The zero-order valence-electron chi connectivity index (χ0n) is 9.20. The number of hydrogen-bond donors (Lipinski definition) is 2. The Balaban J connectivity index is 2.67. The predicted molar refractivity (Wildman–Crippen MR) is 68.5 cm³/mol. The first kappa shape index (κ1) is 12.3. The van der Waals surface area contributed by atoms with Crippen molar-refractivity contribution in [3.8, 4) is 0 Å². The van der Waals surface area contributed by atoms with Crippen molar-refractivity contribution in [2.75, 3.05) is 12.4 Å². The van der Waals surface area contributed by atoms with Crippen LogP contribution in [0.5, 0.6) is 0 Å². The lowest BCUT2D eigenvalue weighted by Gasteiger charge is -2.05. The second-order valence-electron chi connectivity index (χ2n) is 3.16. The number of anilines is 1. The number of nitrogens with one attached hydrogen (secondary N) is 2. The van der Waals surface area contributed by atoms with Crippen molar-refractivity contribution in [2.24, 2.45) is 0 Å². The van der Waals surface area contributed by atoms with Crippen molar-refractivity contribution in [1.29, 1.82) is 0 Å². The van der Waals surface area contributed by atoms with Crippen LogP contribution in [0.2, 0.25) is 0 Å². The highest BCUT2D eigenvalue weighted by Crippen LogP contribution is 2.27. The van der Waals surface area contributed by atoms with Crippen LogP contribution in [0.4, 0.5) is 5.13 Å². The topological polar surface area (TPSA) is 49.8 Å². The van der Waals surface area contributed by atoms with E-state index >= 15 is 0 Å². The maximum atomic E-state index is 4.99. The van der Waals surface area contributed by atoms with Crippen molar-refractivity contribution in [3.63, 3.8) is 0 Å². The molecule has 0 bridgehead atoms. The van der Waals surface area contributed by atoms with Gasteiger partial charge >= 0.3 is 0 Å². The average molecular weight is 244 g/mol. The van der Waals surface area contributed by atoms with Crippen LogP contribution in [0.25, 0.3) is 0 Å². The number of rotatable bonds is 4. The van der Waals surface area contributed by atoms with Gasteiger partial charge in [0.05, 0.1) is 0 Å². The van der Waals surface area contributed by atoms with E-state index in [2.05, 4.69) is 34.7 Å². The summed E-state index contributed by atoms with van der Waals surface area (Å²) in [5, 5.41) is 16.5. The highest BCUT2D eigenvalue weighted by atomic mass is 32.1. The summed E-state index contributed by atoms with van der Waals surface area (Å²) in [6.07, 6.45) is 2.20. The number of thiocarbonyl (C=S) groups is 1. The van der Waals surface area contributed by atoms with Crippen LogP contribution >= 0.6 is 23.6 Å². The third-order valence-electron chi connectivity index (χ3n) is 2.22. The Morgan fingerprint density at radius 3 is 2.60 bits per heavy atom. The molecule has 1 rings (SSSR count). The standard InChI is InChI=1S/C9H16N4S2/c1-4-6(5-2)7-12-13-9(15-7)11-8(14)10-3/h6H,4-5H2,1-3H3,(H2,10,11,13,14). The quantitative estimate of drug-likeness (QED) is 0.796. The summed E-state index contributed by atoms with van der Waals surface area (Å²) in [7, 11) is 1.78. The Hall–Kier alpha value is -0.750. The fraction of sp³-hybridized carbons (Fsp3) is 0.667. The average Bonchev–Trinajstić information content (AvgIpc) is 2.68. The number of aromatic nitrogens is 2. The zero-order chi connectivity index (χ0) is 11.3. The van der Waals surface area contributed by atoms with Crippen LogP contribution in [0.3, 0.4) is 0 Å². The molecule has 84 valence electrons. The fourth-order valence-electron chi connectivity index (χ4n) is 1.25. The third-order valence-corrected chi connectivity index (χ3v) is 3.53. The van der Waals surface area contributed by atoms with Crippen LogP contribution in [-0.4, -0.2) is 22.4 Å². The van der Waals surface area contributed by atoms with Crippen molar-refractivity contribution in [1.82, 2.24) is 15.5 Å². The van der Waals surface area contributed by atoms with Gasteiger partial charge in [0, 0.05) is 13.0 Å². The van der Waals surface area contributed by atoms with Crippen molar-refractivity contribution < 1.29 is 0 Å². The summed E-state index contributed by atoms with van der Waals surface area (Å²) in [5.41, 5.74) is 0. The molecule has 0 aliphatic rings. The smallest absolute Gasteiger partial charge is 0.211 e. The second-order valence-corrected chi connectivity index (χ2v) is 4.58. The molecule has 0 saturated heterocycles. The molecular weight excluding hydrogens is 228 g/mol. The Morgan fingerprint density at radius 2 is 2.07 bits per heavy atom. The molecule has 0 spiro atoms. The first-order valence-electron chi connectivity index (χ1n) is 5.03. The summed E-state index contributed by atoms with van der Waals surface area (Å²) in [6, 6.07) is 0. The van der Waals surface area contributed by atoms with Gasteiger partial charge in [-0.25, -0.2) is 0 Å². The minimum atomic E-state index is 0.515. The van der Waals surface area contributed by atoms with E-state index < -0.39 is 0 Å². The minimum absolute atomic E-state index is 0.515. The molecule has 2 N–H and O–H groups in total. The number of hydrogen-bond acceptors (Lipinski definition) is 4. The van der Waals surface area contributed by atoms with Gasteiger partial charge in [0.25, 0.3) is 0 Å². The highest BCUT2D eigenvalue weighted by molar-refractivity contribution is 7.80. The van der Waals surface area contributed by atoms with E-state index in [1.807, 2.05) is 0 Å². The van der Waals surface area contributed by atoms with Gasteiger partial charge in [-0.15, -0.1) is 10.2 Å². The summed E-state index contributed by atoms with van der Waals surface area (Å²) < 4.78 is 0. The Morgan fingerprint density at radius 1 is 1.40 bits per heavy atom. The molecular formula is C9H16N4S2. The van der Waals surface area contributed by atoms with E-state index in [0.717, 1.165) is 23.0 Å². The molecule has 0 saturated carbocycles. The first-order chi connectivity index (χ1) is 7.21. The second kappa shape index (κ2) is 5.97. The fourth-order valence-corrected chi connectivity index (χ4v) is 2.42. The van der Waals surface area contributed by atoms with Gasteiger partial charge in [0.15, 0.2) is 5.11 Å². The van der Waals surface area contributed by atoms with Crippen LogP contribution in [0, 0.1) is 0 Å². The van der Waals surface area contributed by atoms with E-state index in [9.17, 15) is 0 Å². The Labute approximate surface area is 99.5 Å². The highest BCUT2D eigenvalue weighted by Gasteiger charge is 2.13. The maximum Gasteiger partial charge on any atom is 0.211 e. The summed E-state index contributed by atoms with van der Waals surface area (Å²) >= 11 is 6.56. The monoisotopic (exact) mass is 244 g/mol. The Kier molecular flexibility index (Phi) is 4.90. The van der Waals surface area contributed by atoms with E-state index in [1.54, 1.807) is 18.4 Å². The molecule has 4 nitrogen and oxygen atoms in total. The molecule has 6 heteroatoms. The van der Waals surface area contributed by atoms with Gasteiger partial charge in [-0.05, 0) is 25.1 Å². The summed E-state index contributed by atoms with van der Waals surface area (Å²) in [6.45, 7) is 4.34. The van der Waals surface area contributed by atoms with Gasteiger partial charge in [0.2, 0.25) is 5.13 Å². The lowest BCUT2D eigenvalue weighted by atomic mass is 10.1. The lowest BCUT2D eigenvalue weighted by Crippen LogP contribution is -2.23. The van der Waals surface area contributed by atoms with Crippen LogP contribution in [0.1, 0.15) is 37.6 Å². The molecule has 0 aliphatic carbocycles. The van der Waals surface area contributed by atoms with Gasteiger partial charge in [-0.3, -0.25) is 0 Å². The molecule has 1 heterocycles. The molecule has 0 aliphatic heterocycles. The lowest BCUT2D eigenvalue weighted by molar-refractivity contribution is 0.630. The zero-order valence-corrected chi connectivity index (χ0v) is 10.8. The maximum absolute atomic E-state index is 4.99. The SMILES string of the molecule is CCC(CC)c1nnc(NC(=S)NC)s1. The molecule has 0 atom stereocenters. The molecule has 0 fully saturated rings. The van der Waals surface area contributed by atoms with E-state index in [4.69, 9.17) is 12.2 Å². The van der Waals surface area contributed by atoms with Gasteiger partial charge in [-0.2, -0.15) is 0 Å². The minimum Gasteiger partial charge on any atom is -0.365 e. The molecule has 0 amide bonds. The van der Waals surface area contributed by atoms with Gasteiger partial charge in [0.1, 0.15) is 5.01 Å². The molecule has 0 unspecified atom stereocenters. The van der Waals surface area contributed by atoms with Crippen molar-refractivity contribution in [2.45, 2.75) is 32.6 Å². The molecule has 1 aromatic rings. The molecule has 0 radical (unpaired) electrons. The molecule has 15 heavy (non-hydrogen) atoms. The normalized spacial score (nSPS) is 10.4. The molecule has 0 aromatic carbocycles. The van der Waals surface area contributed by atoms with Crippen molar-refractivity contribution in [3.05, 3.63) is 5.01 Å². The van der Waals surface area contributed by atoms with Gasteiger partial charge < -0.3 is 10.6 Å². The van der Waals surface area contributed by atoms with E-state index in [-0.39, 0.29) is 0 Å². The Bertz CT molecular complexity index is 320. The van der Waals surface area contributed by atoms with E-state index in [0.29, 0.717) is 11.0 Å². The third kappa shape index (κ3) is 3.39. The largest absolute Gasteiger partial charge is 0.365 e. The summed E-state index contributed by atoms with van der Waals surface area (Å²) in [4.78, 5) is 0. The van der Waals surface area contributed by atoms with Crippen LogP contribution in [0.15, 0.2) is 0 Å². The van der Waals surface area contributed by atoms with Crippen molar-refractivity contribution >= 4 is 33.8 Å². The molecule has 1 aromatic heterocycles. The van der Waals surface area contributed by atoms with Gasteiger partial charge in [-0.1, -0.05) is 25.2 Å². The number of nitrogens with zero attached hydrogens (tertiary/aromatic N) is 2. The first-order valence-corrected chi connectivity index (χ1v) is 6.25.